The van der Waals surface area contributed by atoms with Gasteiger partial charge < -0.3 is 10.1 Å². The van der Waals surface area contributed by atoms with Crippen LogP contribution in [0.4, 0.5) is 0 Å². The molecule has 6 heteroatoms. The second-order valence-corrected chi connectivity index (χ2v) is 5.92. The molecular weight excluding hydrogens is 284 g/mol. The monoisotopic (exact) mass is 302 g/mol. The number of alkyl halides is 1. The van der Waals surface area contributed by atoms with Gasteiger partial charge in [0.1, 0.15) is 5.01 Å². The van der Waals surface area contributed by atoms with Gasteiger partial charge in [-0.1, -0.05) is 6.92 Å². The van der Waals surface area contributed by atoms with Gasteiger partial charge in [0.2, 0.25) is 5.91 Å². The lowest BCUT2D eigenvalue weighted by Crippen LogP contribution is -2.33. The van der Waals surface area contributed by atoms with Crippen LogP contribution in [0.25, 0.3) is 0 Å². The van der Waals surface area contributed by atoms with Crippen molar-refractivity contribution in [1.29, 1.82) is 0 Å². The quantitative estimate of drug-likeness (QED) is 0.821. The fourth-order valence-corrected chi connectivity index (χ4v) is 3.33. The number of ether oxygens (including phenoxy) is 1. The SMILES string of the molecule is CCC1OCCC1CNC(=O)Cc1nc(CCl)cs1. The van der Waals surface area contributed by atoms with Crippen LogP contribution in [-0.4, -0.2) is 30.1 Å². The second-order valence-electron chi connectivity index (χ2n) is 4.71. The molecule has 1 fully saturated rings. The molecule has 1 amide bonds. The molecule has 0 radical (unpaired) electrons. The van der Waals surface area contributed by atoms with Gasteiger partial charge in [-0.3, -0.25) is 4.79 Å². The summed E-state index contributed by atoms with van der Waals surface area (Å²) in [6, 6.07) is 0. The van der Waals surface area contributed by atoms with E-state index in [9.17, 15) is 4.79 Å². The van der Waals surface area contributed by atoms with Gasteiger partial charge in [-0.05, 0) is 12.8 Å². The first-order valence-electron chi connectivity index (χ1n) is 6.60. The number of nitrogens with zero attached hydrogens (tertiary/aromatic N) is 1. The van der Waals surface area contributed by atoms with Crippen molar-refractivity contribution < 1.29 is 9.53 Å². The van der Waals surface area contributed by atoms with Gasteiger partial charge in [0, 0.05) is 24.4 Å². The summed E-state index contributed by atoms with van der Waals surface area (Å²) in [5.74, 6) is 0.872. The number of carbonyl (C=O) groups is 1. The Morgan fingerprint density at radius 2 is 2.53 bits per heavy atom. The molecule has 2 atom stereocenters. The highest BCUT2D eigenvalue weighted by atomic mass is 35.5. The van der Waals surface area contributed by atoms with Crippen LogP contribution in [-0.2, 0) is 21.8 Å². The van der Waals surface area contributed by atoms with E-state index in [1.54, 1.807) is 0 Å². The predicted octanol–water partition coefficient (Wildman–Crippen LogP) is 2.36. The van der Waals surface area contributed by atoms with Crippen LogP contribution in [0, 0.1) is 5.92 Å². The normalized spacial score (nSPS) is 22.6. The van der Waals surface area contributed by atoms with Gasteiger partial charge in [-0.25, -0.2) is 4.98 Å². The Bertz CT molecular complexity index is 425. The summed E-state index contributed by atoms with van der Waals surface area (Å²) >= 11 is 7.17. The number of thiazole rings is 1. The topological polar surface area (TPSA) is 51.2 Å². The lowest BCUT2D eigenvalue weighted by molar-refractivity contribution is -0.120. The highest BCUT2D eigenvalue weighted by molar-refractivity contribution is 7.09. The first-order valence-corrected chi connectivity index (χ1v) is 8.02. The Hall–Kier alpha value is -0.650. The lowest BCUT2D eigenvalue weighted by atomic mass is 10.00. The summed E-state index contributed by atoms with van der Waals surface area (Å²) in [6.45, 7) is 3.63. The third kappa shape index (κ3) is 4.16. The van der Waals surface area contributed by atoms with E-state index in [1.807, 2.05) is 5.38 Å². The van der Waals surface area contributed by atoms with Crippen molar-refractivity contribution in [2.24, 2.45) is 5.92 Å². The van der Waals surface area contributed by atoms with Crippen molar-refractivity contribution in [3.05, 3.63) is 16.1 Å². The second kappa shape index (κ2) is 7.22. The highest BCUT2D eigenvalue weighted by Gasteiger charge is 2.26. The van der Waals surface area contributed by atoms with Gasteiger partial charge >= 0.3 is 0 Å². The predicted molar refractivity (Wildman–Crippen MR) is 76.5 cm³/mol. The number of aromatic nitrogens is 1. The summed E-state index contributed by atoms with van der Waals surface area (Å²) < 4.78 is 5.61. The van der Waals surface area contributed by atoms with Crippen LogP contribution in [0.1, 0.15) is 30.5 Å². The van der Waals surface area contributed by atoms with Crippen molar-refractivity contribution in [3.63, 3.8) is 0 Å². The van der Waals surface area contributed by atoms with E-state index >= 15 is 0 Å². The number of carbonyl (C=O) groups excluding carboxylic acids is 1. The maximum atomic E-state index is 11.8. The van der Waals surface area contributed by atoms with Gasteiger partial charge in [-0.15, -0.1) is 22.9 Å². The van der Waals surface area contributed by atoms with Gasteiger partial charge in [-0.2, -0.15) is 0 Å². The number of halogens is 1. The first kappa shape index (κ1) is 14.8. The molecule has 1 aliphatic rings. The number of amides is 1. The minimum atomic E-state index is 0.0252. The molecule has 1 saturated heterocycles. The Morgan fingerprint density at radius 3 is 3.21 bits per heavy atom. The lowest BCUT2D eigenvalue weighted by Gasteiger charge is -2.16. The van der Waals surface area contributed by atoms with Gasteiger partial charge in [0.25, 0.3) is 0 Å². The van der Waals surface area contributed by atoms with E-state index in [4.69, 9.17) is 16.3 Å². The molecule has 4 nitrogen and oxygen atoms in total. The summed E-state index contributed by atoms with van der Waals surface area (Å²) in [7, 11) is 0. The molecule has 1 aromatic heterocycles. The zero-order valence-corrected chi connectivity index (χ0v) is 12.6. The molecule has 0 spiro atoms. The molecule has 0 aromatic carbocycles. The van der Waals surface area contributed by atoms with Crippen LogP contribution in [0.3, 0.4) is 0 Å². The molecule has 19 heavy (non-hydrogen) atoms. The fourth-order valence-electron chi connectivity index (χ4n) is 2.31. The van der Waals surface area contributed by atoms with E-state index in [1.165, 1.54) is 11.3 Å². The molecule has 0 bridgehead atoms. The molecule has 1 aliphatic heterocycles. The summed E-state index contributed by atoms with van der Waals surface area (Å²) in [4.78, 5) is 16.1. The zero-order chi connectivity index (χ0) is 13.7. The number of hydrogen-bond acceptors (Lipinski definition) is 4. The standard InChI is InChI=1S/C13H19ClN2O2S/c1-2-11-9(3-4-18-11)7-15-12(17)5-13-16-10(6-14)8-19-13/h8-9,11H,2-7H2,1H3,(H,15,17). The Kier molecular flexibility index (Phi) is 5.60. The summed E-state index contributed by atoms with van der Waals surface area (Å²) in [5.41, 5.74) is 0.838. The smallest absolute Gasteiger partial charge is 0.226 e. The third-order valence-corrected chi connectivity index (χ3v) is 4.53. The first-order chi connectivity index (χ1) is 9.22. The van der Waals surface area contributed by atoms with Crippen LogP contribution in [0.15, 0.2) is 5.38 Å². The maximum Gasteiger partial charge on any atom is 0.226 e. The molecular formula is C13H19ClN2O2S. The van der Waals surface area contributed by atoms with Crippen LogP contribution < -0.4 is 5.32 Å². The Balaban J connectivity index is 1.75. The van der Waals surface area contributed by atoms with Gasteiger partial charge in [0.05, 0.1) is 24.1 Å². The largest absolute Gasteiger partial charge is 0.378 e. The molecule has 0 aliphatic carbocycles. The fraction of sp³-hybridized carbons (Fsp3) is 0.692. The minimum absolute atomic E-state index is 0.0252. The van der Waals surface area contributed by atoms with Crippen molar-refractivity contribution in [1.82, 2.24) is 10.3 Å². The number of rotatable bonds is 6. The van der Waals surface area contributed by atoms with Crippen molar-refractivity contribution >= 4 is 28.8 Å². The van der Waals surface area contributed by atoms with Crippen molar-refractivity contribution in [3.8, 4) is 0 Å². The maximum absolute atomic E-state index is 11.8. The minimum Gasteiger partial charge on any atom is -0.378 e. The highest BCUT2D eigenvalue weighted by Crippen LogP contribution is 2.22. The zero-order valence-electron chi connectivity index (χ0n) is 11.0. The van der Waals surface area contributed by atoms with Gasteiger partial charge in [0.15, 0.2) is 0 Å². The number of hydrogen-bond donors (Lipinski definition) is 1. The Labute approximate surface area is 122 Å². The average molecular weight is 303 g/mol. The Morgan fingerprint density at radius 1 is 1.68 bits per heavy atom. The van der Waals surface area contributed by atoms with Crippen molar-refractivity contribution in [2.75, 3.05) is 13.2 Å². The number of nitrogens with one attached hydrogen (secondary N) is 1. The van der Waals surface area contributed by atoms with Crippen LogP contribution in [0.2, 0.25) is 0 Å². The van der Waals surface area contributed by atoms with E-state index < -0.39 is 0 Å². The molecule has 1 N–H and O–H groups in total. The molecule has 2 unspecified atom stereocenters. The molecule has 1 aromatic rings. The summed E-state index contributed by atoms with van der Waals surface area (Å²) in [5, 5.41) is 5.70. The van der Waals surface area contributed by atoms with Crippen LogP contribution in [0.5, 0.6) is 0 Å². The van der Waals surface area contributed by atoms with E-state index in [2.05, 4.69) is 17.2 Å². The summed E-state index contributed by atoms with van der Waals surface area (Å²) in [6.07, 6.45) is 2.67. The van der Waals surface area contributed by atoms with E-state index in [-0.39, 0.29) is 5.91 Å². The van der Waals surface area contributed by atoms with E-state index in [0.717, 1.165) is 30.2 Å². The van der Waals surface area contributed by atoms with E-state index in [0.29, 0.717) is 30.9 Å². The molecule has 2 rings (SSSR count). The molecule has 2 heterocycles. The molecule has 106 valence electrons. The van der Waals surface area contributed by atoms with Crippen LogP contribution >= 0.6 is 22.9 Å². The van der Waals surface area contributed by atoms with Crippen molar-refractivity contribution in [2.45, 2.75) is 38.2 Å². The third-order valence-electron chi connectivity index (χ3n) is 3.36. The molecule has 0 saturated carbocycles. The average Bonchev–Trinajstić information content (AvgIpc) is 3.04.